The van der Waals surface area contributed by atoms with Crippen LogP contribution < -0.4 is 14.3 Å². The molecule has 0 spiro atoms. The first-order chi connectivity index (χ1) is 11.8. The van der Waals surface area contributed by atoms with Crippen molar-refractivity contribution in [1.29, 1.82) is 0 Å². The van der Waals surface area contributed by atoms with Crippen molar-refractivity contribution in [2.75, 3.05) is 16.2 Å². The second-order valence-corrected chi connectivity index (χ2v) is 6.78. The monoisotopic (exact) mass is 365 g/mol. The molecule has 8 nitrogen and oxygen atoms in total. The number of nitrogens with zero attached hydrogens (tertiary/aromatic N) is 1. The van der Waals surface area contributed by atoms with E-state index in [-0.39, 0.29) is 5.69 Å². The minimum Gasteiger partial charge on any atom is -0.506 e. The van der Waals surface area contributed by atoms with Crippen molar-refractivity contribution in [3.63, 3.8) is 0 Å². The number of halogens is 1. The molecule has 0 unspecified atom stereocenters. The molecular formula is C15H12FN3O5S. The normalized spacial score (nSPS) is 15.7. The van der Waals surface area contributed by atoms with Crippen molar-refractivity contribution in [1.82, 2.24) is 4.72 Å². The number of phenols is 1. The molecule has 3 N–H and O–H groups in total. The zero-order valence-electron chi connectivity index (χ0n) is 12.6. The molecule has 0 atom stereocenters. The Morgan fingerprint density at radius 2 is 1.92 bits per heavy atom. The number of hydrogen-bond acceptors (Lipinski definition) is 5. The van der Waals surface area contributed by atoms with E-state index >= 15 is 0 Å². The van der Waals surface area contributed by atoms with Crippen molar-refractivity contribution in [3.8, 4) is 5.75 Å². The predicted molar refractivity (Wildman–Crippen MR) is 86.9 cm³/mol. The van der Waals surface area contributed by atoms with Gasteiger partial charge in [0.15, 0.2) is 5.82 Å². The fourth-order valence-corrected chi connectivity index (χ4v) is 3.51. The van der Waals surface area contributed by atoms with Gasteiger partial charge in [-0.15, -0.1) is 0 Å². The molecule has 0 bridgehead atoms. The first-order valence-corrected chi connectivity index (χ1v) is 8.44. The summed E-state index contributed by atoms with van der Waals surface area (Å²) in [6.07, 6.45) is 0. The standard InChI is InChI=1S/C15H12FN3O5S/c16-11-6-10(17-15(22)9-4-2-1-3-5-9)7-12(20)14(11)19-8-13(21)18-25(19,23)24/h1-7,20H,8H2,(H,17,22)(H,18,21). The molecule has 3 rings (SSSR count). The van der Waals surface area contributed by atoms with Crippen molar-refractivity contribution in [2.24, 2.45) is 0 Å². The van der Waals surface area contributed by atoms with Crippen LogP contribution in [0.15, 0.2) is 42.5 Å². The summed E-state index contributed by atoms with van der Waals surface area (Å²) >= 11 is 0. The number of aromatic hydroxyl groups is 1. The number of carbonyl (C=O) groups excluding carboxylic acids is 2. The molecule has 1 heterocycles. The highest BCUT2D eigenvalue weighted by atomic mass is 32.2. The summed E-state index contributed by atoms with van der Waals surface area (Å²) in [7, 11) is -4.27. The summed E-state index contributed by atoms with van der Waals surface area (Å²) in [4.78, 5) is 23.3. The van der Waals surface area contributed by atoms with Gasteiger partial charge in [-0.05, 0) is 18.2 Å². The van der Waals surface area contributed by atoms with Gasteiger partial charge < -0.3 is 10.4 Å². The Morgan fingerprint density at radius 1 is 1.24 bits per heavy atom. The van der Waals surface area contributed by atoms with Gasteiger partial charge in [0.1, 0.15) is 18.0 Å². The Morgan fingerprint density at radius 3 is 2.48 bits per heavy atom. The maximum atomic E-state index is 14.3. The van der Waals surface area contributed by atoms with Crippen molar-refractivity contribution >= 4 is 33.4 Å². The van der Waals surface area contributed by atoms with Gasteiger partial charge in [-0.2, -0.15) is 8.42 Å². The molecule has 0 saturated carbocycles. The fraction of sp³-hybridized carbons (Fsp3) is 0.0667. The van der Waals surface area contributed by atoms with E-state index in [2.05, 4.69) is 5.32 Å². The molecular weight excluding hydrogens is 353 g/mol. The minimum absolute atomic E-state index is 0.0662. The summed E-state index contributed by atoms with van der Waals surface area (Å²) in [6, 6.07) is 9.98. The minimum atomic E-state index is -4.27. The molecule has 1 aliphatic heterocycles. The van der Waals surface area contributed by atoms with Crippen LogP contribution in [0.4, 0.5) is 15.8 Å². The van der Waals surface area contributed by atoms with Crippen LogP contribution in [0.3, 0.4) is 0 Å². The number of hydrogen-bond donors (Lipinski definition) is 3. The van der Waals surface area contributed by atoms with Crippen LogP contribution in [-0.4, -0.2) is 31.9 Å². The molecule has 25 heavy (non-hydrogen) atoms. The van der Waals surface area contributed by atoms with Crippen LogP contribution in [0.1, 0.15) is 10.4 Å². The van der Waals surface area contributed by atoms with E-state index in [0.29, 0.717) is 9.87 Å². The van der Waals surface area contributed by atoms with Crippen LogP contribution in [-0.2, 0) is 15.0 Å². The predicted octanol–water partition coefficient (Wildman–Crippen LogP) is 0.965. The SMILES string of the molecule is O=C1CN(c2c(O)cc(NC(=O)c3ccccc3)cc2F)S(=O)(=O)N1. The zero-order chi connectivity index (χ0) is 18.2. The third-order valence-corrected chi connectivity index (χ3v) is 4.78. The van der Waals surface area contributed by atoms with E-state index < -0.39 is 45.8 Å². The second-order valence-electron chi connectivity index (χ2n) is 5.18. The van der Waals surface area contributed by atoms with Gasteiger partial charge in [0, 0.05) is 17.3 Å². The van der Waals surface area contributed by atoms with Gasteiger partial charge in [-0.1, -0.05) is 18.2 Å². The molecule has 2 aromatic rings. The van der Waals surface area contributed by atoms with Gasteiger partial charge in [0.05, 0.1) is 0 Å². The lowest BCUT2D eigenvalue weighted by molar-refractivity contribution is -0.117. The number of amides is 2. The highest BCUT2D eigenvalue weighted by Gasteiger charge is 2.37. The van der Waals surface area contributed by atoms with E-state index in [4.69, 9.17) is 0 Å². The van der Waals surface area contributed by atoms with Crippen LogP contribution in [0, 0.1) is 5.82 Å². The molecule has 10 heteroatoms. The van der Waals surface area contributed by atoms with Gasteiger partial charge >= 0.3 is 10.2 Å². The first-order valence-electron chi connectivity index (χ1n) is 7.00. The largest absolute Gasteiger partial charge is 0.506 e. The maximum absolute atomic E-state index is 14.3. The molecule has 1 aliphatic rings. The lowest BCUT2D eigenvalue weighted by atomic mass is 10.2. The first kappa shape index (κ1) is 16.7. The van der Waals surface area contributed by atoms with Gasteiger partial charge in [-0.3, -0.25) is 9.59 Å². The smallest absolute Gasteiger partial charge is 0.326 e. The van der Waals surface area contributed by atoms with Crippen LogP contribution >= 0.6 is 0 Å². The van der Waals surface area contributed by atoms with Gasteiger partial charge in [0.25, 0.3) is 11.8 Å². The third kappa shape index (κ3) is 3.24. The van der Waals surface area contributed by atoms with Crippen LogP contribution in [0.5, 0.6) is 5.75 Å². The number of nitrogens with one attached hydrogen (secondary N) is 2. The van der Waals surface area contributed by atoms with Gasteiger partial charge in [0.2, 0.25) is 0 Å². The number of carbonyl (C=O) groups is 2. The van der Waals surface area contributed by atoms with Crippen molar-refractivity contribution in [2.45, 2.75) is 0 Å². The number of rotatable bonds is 3. The average molecular weight is 365 g/mol. The Balaban J connectivity index is 1.91. The molecule has 2 aromatic carbocycles. The highest BCUT2D eigenvalue weighted by Crippen LogP contribution is 2.36. The molecule has 0 aromatic heterocycles. The lowest BCUT2D eigenvalue weighted by Gasteiger charge is -2.18. The second kappa shape index (κ2) is 6.06. The lowest BCUT2D eigenvalue weighted by Crippen LogP contribution is -2.30. The molecule has 0 radical (unpaired) electrons. The summed E-state index contributed by atoms with van der Waals surface area (Å²) in [5.74, 6) is -3.22. The van der Waals surface area contributed by atoms with Crippen molar-refractivity contribution < 1.29 is 27.5 Å². The van der Waals surface area contributed by atoms with Crippen molar-refractivity contribution in [3.05, 3.63) is 53.8 Å². The molecule has 1 fully saturated rings. The van der Waals surface area contributed by atoms with Crippen LogP contribution in [0.25, 0.3) is 0 Å². The Labute approximate surface area is 142 Å². The molecule has 1 saturated heterocycles. The maximum Gasteiger partial charge on any atom is 0.326 e. The number of phenolic OH excluding ortho intramolecular Hbond substituents is 1. The van der Waals surface area contributed by atoms with E-state index in [1.165, 1.54) is 0 Å². The Bertz CT molecular complexity index is 939. The average Bonchev–Trinajstić information content (AvgIpc) is 2.80. The summed E-state index contributed by atoms with van der Waals surface area (Å²) in [6.45, 7) is -0.650. The zero-order valence-corrected chi connectivity index (χ0v) is 13.4. The van der Waals surface area contributed by atoms with E-state index in [9.17, 15) is 27.5 Å². The molecule has 2 amide bonds. The third-order valence-electron chi connectivity index (χ3n) is 3.41. The quantitative estimate of drug-likeness (QED) is 0.749. The van der Waals surface area contributed by atoms with E-state index in [0.717, 1.165) is 12.1 Å². The number of benzene rings is 2. The number of anilines is 2. The summed E-state index contributed by atoms with van der Waals surface area (Å²) in [5, 5.41) is 12.4. The Kier molecular flexibility index (Phi) is 4.05. The molecule has 0 aliphatic carbocycles. The van der Waals surface area contributed by atoms with Crippen LogP contribution in [0.2, 0.25) is 0 Å². The fourth-order valence-electron chi connectivity index (χ4n) is 2.34. The topological polar surface area (TPSA) is 116 Å². The summed E-state index contributed by atoms with van der Waals surface area (Å²) < 4.78 is 40.0. The van der Waals surface area contributed by atoms with E-state index in [1.54, 1.807) is 35.1 Å². The van der Waals surface area contributed by atoms with E-state index in [1.807, 2.05) is 0 Å². The highest BCUT2D eigenvalue weighted by molar-refractivity contribution is 7.92. The summed E-state index contributed by atoms with van der Waals surface area (Å²) in [5.41, 5.74) is -0.414. The van der Waals surface area contributed by atoms with Gasteiger partial charge in [-0.25, -0.2) is 13.4 Å². The Hall–Kier alpha value is -3.14. The molecule has 130 valence electrons.